The van der Waals surface area contributed by atoms with Crippen LogP contribution in [0, 0.1) is 0 Å². The SMILES string of the molecule is COc1ccc(C2C(=O)C(=Cc3cccc(N4CCOCC4)n3)CN(Cc3ccccc3)C2=O)cc1OC. The molecule has 5 rings (SSSR count). The van der Waals surface area contributed by atoms with Crippen LogP contribution in [0.2, 0.25) is 0 Å². The van der Waals surface area contributed by atoms with Crippen LogP contribution < -0.4 is 14.4 Å². The second-order valence-corrected chi connectivity index (χ2v) is 9.28. The van der Waals surface area contributed by atoms with Gasteiger partial charge in [-0.1, -0.05) is 42.5 Å². The summed E-state index contributed by atoms with van der Waals surface area (Å²) in [6, 6.07) is 20.8. The van der Waals surface area contributed by atoms with E-state index in [-0.39, 0.29) is 18.2 Å². The Morgan fingerprint density at radius 2 is 1.71 bits per heavy atom. The van der Waals surface area contributed by atoms with Crippen LogP contribution in [0.15, 0.2) is 72.3 Å². The quantitative estimate of drug-likeness (QED) is 0.352. The van der Waals surface area contributed by atoms with Gasteiger partial charge in [-0.3, -0.25) is 9.59 Å². The first-order valence-electron chi connectivity index (χ1n) is 12.7. The summed E-state index contributed by atoms with van der Waals surface area (Å²) in [4.78, 5) is 36.3. The molecule has 2 aliphatic rings. The van der Waals surface area contributed by atoms with Gasteiger partial charge in [0.1, 0.15) is 11.7 Å². The Morgan fingerprint density at radius 3 is 2.45 bits per heavy atom. The van der Waals surface area contributed by atoms with Gasteiger partial charge in [0.05, 0.1) is 33.1 Å². The molecule has 2 aliphatic heterocycles. The number of benzene rings is 2. The molecular formula is C30H31N3O5. The van der Waals surface area contributed by atoms with Gasteiger partial charge < -0.3 is 24.0 Å². The molecule has 1 atom stereocenters. The first-order valence-corrected chi connectivity index (χ1v) is 12.7. The number of likely N-dealkylation sites (tertiary alicyclic amines) is 1. The molecule has 3 aromatic rings. The molecule has 38 heavy (non-hydrogen) atoms. The average molecular weight is 514 g/mol. The number of aromatic nitrogens is 1. The fraction of sp³-hybridized carbons (Fsp3) is 0.300. The zero-order valence-corrected chi connectivity index (χ0v) is 21.6. The maximum atomic E-state index is 13.8. The van der Waals surface area contributed by atoms with Crippen molar-refractivity contribution >= 4 is 23.6 Å². The molecule has 0 aliphatic carbocycles. The van der Waals surface area contributed by atoms with Gasteiger partial charge in [-0.2, -0.15) is 0 Å². The topological polar surface area (TPSA) is 81.2 Å². The number of ether oxygens (including phenoxy) is 3. The molecular weight excluding hydrogens is 482 g/mol. The van der Waals surface area contributed by atoms with E-state index in [1.165, 1.54) is 7.11 Å². The first-order chi connectivity index (χ1) is 18.6. The summed E-state index contributed by atoms with van der Waals surface area (Å²) >= 11 is 0. The number of rotatable bonds is 7. The molecule has 8 heteroatoms. The predicted octanol–water partition coefficient (Wildman–Crippen LogP) is 3.71. The number of carbonyl (C=O) groups excluding carboxylic acids is 2. The number of methoxy groups -OCH3 is 2. The van der Waals surface area contributed by atoms with Crippen LogP contribution in [0.5, 0.6) is 11.5 Å². The lowest BCUT2D eigenvalue weighted by Gasteiger charge is -2.33. The first kappa shape index (κ1) is 25.5. The van der Waals surface area contributed by atoms with E-state index in [1.807, 2.05) is 54.6 Å². The van der Waals surface area contributed by atoms with E-state index in [1.54, 1.807) is 30.2 Å². The summed E-state index contributed by atoms with van der Waals surface area (Å²) in [5.74, 6) is 0.396. The van der Waals surface area contributed by atoms with Crippen molar-refractivity contribution in [2.24, 2.45) is 0 Å². The summed E-state index contributed by atoms with van der Waals surface area (Å²) in [7, 11) is 3.08. The molecule has 1 aromatic heterocycles. The van der Waals surface area contributed by atoms with Gasteiger partial charge in [-0.15, -0.1) is 0 Å². The number of hydrogen-bond donors (Lipinski definition) is 0. The molecule has 0 bridgehead atoms. The number of amides is 1. The van der Waals surface area contributed by atoms with Crippen molar-refractivity contribution in [2.75, 3.05) is 52.0 Å². The number of carbonyl (C=O) groups is 2. The average Bonchev–Trinajstić information content (AvgIpc) is 2.96. The molecule has 2 fully saturated rings. The second-order valence-electron chi connectivity index (χ2n) is 9.28. The van der Waals surface area contributed by atoms with Crippen molar-refractivity contribution in [3.05, 3.63) is 89.1 Å². The predicted molar refractivity (Wildman–Crippen MR) is 144 cm³/mol. The third-order valence-corrected chi connectivity index (χ3v) is 6.87. The van der Waals surface area contributed by atoms with Gasteiger partial charge in [0, 0.05) is 31.8 Å². The highest BCUT2D eigenvalue weighted by molar-refractivity contribution is 6.18. The van der Waals surface area contributed by atoms with E-state index in [4.69, 9.17) is 19.2 Å². The molecule has 0 spiro atoms. The molecule has 0 radical (unpaired) electrons. The van der Waals surface area contributed by atoms with E-state index in [0.29, 0.717) is 48.1 Å². The third-order valence-electron chi connectivity index (χ3n) is 6.87. The minimum absolute atomic E-state index is 0.208. The van der Waals surface area contributed by atoms with E-state index < -0.39 is 5.92 Å². The number of nitrogens with zero attached hydrogens (tertiary/aromatic N) is 3. The lowest BCUT2D eigenvalue weighted by Crippen LogP contribution is -2.45. The van der Waals surface area contributed by atoms with Gasteiger partial charge >= 0.3 is 0 Å². The number of ketones is 1. The summed E-state index contributed by atoms with van der Waals surface area (Å²) in [6.45, 7) is 3.47. The largest absolute Gasteiger partial charge is 0.493 e. The summed E-state index contributed by atoms with van der Waals surface area (Å²) in [5, 5.41) is 0. The van der Waals surface area contributed by atoms with Crippen molar-refractivity contribution in [2.45, 2.75) is 12.5 Å². The van der Waals surface area contributed by atoms with Crippen molar-refractivity contribution in [1.82, 2.24) is 9.88 Å². The van der Waals surface area contributed by atoms with Crippen LogP contribution in [0.4, 0.5) is 5.82 Å². The summed E-state index contributed by atoms with van der Waals surface area (Å²) in [5.41, 5.74) is 2.77. The zero-order valence-electron chi connectivity index (χ0n) is 21.6. The van der Waals surface area contributed by atoms with E-state index in [9.17, 15) is 9.59 Å². The third kappa shape index (κ3) is 5.40. The molecule has 196 valence electrons. The van der Waals surface area contributed by atoms with Gasteiger partial charge in [0.25, 0.3) is 0 Å². The van der Waals surface area contributed by atoms with Crippen molar-refractivity contribution in [3.63, 3.8) is 0 Å². The molecule has 1 unspecified atom stereocenters. The number of Topliss-reactive ketones (excluding diaryl/α,β-unsaturated/α-hetero) is 1. The molecule has 0 N–H and O–H groups in total. The summed E-state index contributed by atoms with van der Waals surface area (Å²) in [6.07, 6.45) is 1.81. The van der Waals surface area contributed by atoms with Crippen LogP contribution in [0.1, 0.15) is 22.7 Å². The zero-order chi connectivity index (χ0) is 26.5. The number of piperidine rings is 1. The molecule has 1 amide bonds. The van der Waals surface area contributed by atoms with E-state index in [0.717, 1.165) is 24.5 Å². The normalized spacial score (nSPS) is 19.1. The lowest BCUT2D eigenvalue weighted by molar-refractivity contribution is -0.139. The number of pyridine rings is 1. The minimum Gasteiger partial charge on any atom is -0.493 e. The van der Waals surface area contributed by atoms with Crippen molar-refractivity contribution in [3.8, 4) is 11.5 Å². The number of morpholine rings is 1. The fourth-order valence-corrected chi connectivity index (χ4v) is 4.89. The molecule has 2 saturated heterocycles. The second kappa shape index (κ2) is 11.5. The molecule has 2 aromatic carbocycles. The highest BCUT2D eigenvalue weighted by Gasteiger charge is 2.40. The Bertz CT molecular complexity index is 1330. The number of anilines is 1. The molecule has 0 saturated carbocycles. The smallest absolute Gasteiger partial charge is 0.238 e. The van der Waals surface area contributed by atoms with Gasteiger partial charge in [-0.05, 0) is 41.5 Å². The highest BCUT2D eigenvalue weighted by atomic mass is 16.5. The maximum Gasteiger partial charge on any atom is 0.238 e. The van der Waals surface area contributed by atoms with Crippen LogP contribution in [0.3, 0.4) is 0 Å². The van der Waals surface area contributed by atoms with Crippen molar-refractivity contribution < 1.29 is 23.8 Å². The fourth-order valence-electron chi connectivity index (χ4n) is 4.89. The molecule has 8 nitrogen and oxygen atoms in total. The van der Waals surface area contributed by atoms with Crippen molar-refractivity contribution in [1.29, 1.82) is 0 Å². The van der Waals surface area contributed by atoms with Crippen LogP contribution >= 0.6 is 0 Å². The summed E-state index contributed by atoms with van der Waals surface area (Å²) < 4.78 is 16.3. The van der Waals surface area contributed by atoms with Crippen LogP contribution in [-0.2, 0) is 20.9 Å². The van der Waals surface area contributed by atoms with Crippen LogP contribution in [0.25, 0.3) is 6.08 Å². The van der Waals surface area contributed by atoms with Crippen LogP contribution in [-0.4, -0.2) is 68.6 Å². The lowest BCUT2D eigenvalue weighted by atomic mass is 9.85. The Balaban J connectivity index is 1.51. The monoisotopic (exact) mass is 513 g/mol. The van der Waals surface area contributed by atoms with E-state index >= 15 is 0 Å². The Kier molecular flexibility index (Phi) is 7.70. The highest BCUT2D eigenvalue weighted by Crippen LogP contribution is 2.35. The Hall–Kier alpha value is -4.17. The molecule has 3 heterocycles. The standard InChI is InChI=1S/C30H31N3O5/c1-36-25-12-11-22(18-26(25)37-2)28-29(34)23(20-33(30(28)35)19-21-7-4-3-5-8-21)17-24-9-6-10-27(31-24)32-13-15-38-16-14-32/h3-12,17-18,28H,13-16,19-20H2,1-2H3. The van der Waals surface area contributed by atoms with Gasteiger partial charge in [0.2, 0.25) is 5.91 Å². The Morgan fingerprint density at radius 1 is 0.947 bits per heavy atom. The Labute approximate surface area is 222 Å². The van der Waals surface area contributed by atoms with Gasteiger partial charge in [0.15, 0.2) is 17.3 Å². The number of hydrogen-bond acceptors (Lipinski definition) is 7. The van der Waals surface area contributed by atoms with E-state index in [2.05, 4.69) is 4.90 Å². The maximum absolute atomic E-state index is 13.8. The minimum atomic E-state index is -0.985. The van der Waals surface area contributed by atoms with Gasteiger partial charge in [-0.25, -0.2) is 4.98 Å².